The van der Waals surface area contributed by atoms with Gasteiger partial charge >= 0.3 is 0 Å². The summed E-state index contributed by atoms with van der Waals surface area (Å²) in [7, 11) is 0. The van der Waals surface area contributed by atoms with Crippen LogP contribution in [0.2, 0.25) is 0 Å². The minimum Gasteiger partial charge on any atom is -0.484 e. The molecule has 0 bridgehead atoms. The Bertz CT molecular complexity index is 1060. The molecule has 0 saturated heterocycles. The highest BCUT2D eigenvalue weighted by Crippen LogP contribution is 2.32. The molecule has 0 aliphatic carbocycles. The molecule has 3 aromatic rings. The zero-order chi connectivity index (χ0) is 20.8. The molecule has 0 saturated carbocycles. The lowest BCUT2D eigenvalue weighted by molar-refractivity contribution is -0.131. The van der Waals surface area contributed by atoms with Gasteiger partial charge in [0.25, 0.3) is 11.8 Å². The lowest BCUT2D eigenvalue weighted by Gasteiger charge is -2.12. The number of ether oxygens (including phenoxy) is 2. The minimum absolute atomic E-state index is 0.224. The van der Waals surface area contributed by atoms with Crippen LogP contribution in [-0.4, -0.2) is 25.0 Å². The Labute approximate surface area is 184 Å². The van der Waals surface area contributed by atoms with E-state index in [0.717, 1.165) is 25.3 Å². The van der Waals surface area contributed by atoms with Gasteiger partial charge in [-0.25, -0.2) is 0 Å². The van der Waals surface area contributed by atoms with Crippen molar-refractivity contribution in [3.63, 3.8) is 0 Å². The largest absolute Gasteiger partial charge is 0.484 e. The van der Waals surface area contributed by atoms with Gasteiger partial charge in [0.2, 0.25) is 0 Å². The summed E-state index contributed by atoms with van der Waals surface area (Å²) in [6, 6.07) is 16.9. The molecule has 0 aromatic heterocycles. The number of fused-ring (bicyclic) bond motifs is 1. The molecule has 2 N–H and O–H groups in total. The Morgan fingerprint density at radius 2 is 1.59 bits per heavy atom. The summed E-state index contributed by atoms with van der Waals surface area (Å²) in [6.07, 6.45) is 0. The van der Waals surface area contributed by atoms with Crippen molar-refractivity contribution in [2.75, 3.05) is 13.2 Å². The SMILES string of the molecule is Cc1cc(OCC(=O)NNC(=O)COc2ccc3ccccc3c2Br)ccc1Br. The Morgan fingerprint density at radius 1 is 0.897 bits per heavy atom. The summed E-state index contributed by atoms with van der Waals surface area (Å²) in [4.78, 5) is 23.8. The maximum Gasteiger partial charge on any atom is 0.276 e. The molecular weight excluding hydrogens is 504 g/mol. The number of benzene rings is 3. The second-order valence-electron chi connectivity index (χ2n) is 6.18. The number of aryl methyl sites for hydroxylation is 1. The standard InChI is InChI=1S/C21H18Br2N2O4/c1-13-10-15(7-8-17(13)22)28-11-19(26)24-25-20(27)12-29-18-9-6-14-4-2-3-5-16(14)21(18)23/h2-10H,11-12H2,1H3,(H,24,26)(H,25,27). The lowest BCUT2D eigenvalue weighted by atomic mass is 10.1. The summed E-state index contributed by atoms with van der Waals surface area (Å²) in [5, 5.41) is 2.04. The van der Waals surface area contributed by atoms with Crippen LogP contribution in [0, 0.1) is 6.92 Å². The predicted molar refractivity (Wildman–Crippen MR) is 118 cm³/mol. The van der Waals surface area contributed by atoms with Gasteiger partial charge in [-0.15, -0.1) is 0 Å². The van der Waals surface area contributed by atoms with Crippen molar-refractivity contribution in [3.05, 3.63) is 69.1 Å². The molecule has 0 heterocycles. The van der Waals surface area contributed by atoms with Gasteiger partial charge in [0.05, 0.1) is 4.47 Å². The van der Waals surface area contributed by atoms with E-state index in [0.29, 0.717) is 11.5 Å². The molecule has 29 heavy (non-hydrogen) atoms. The van der Waals surface area contributed by atoms with Crippen LogP contribution in [0.3, 0.4) is 0 Å². The summed E-state index contributed by atoms with van der Waals surface area (Å²) in [5.74, 6) is 0.138. The van der Waals surface area contributed by atoms with Crippen molar-refractivity contribution in [3.8, 4) is 11.5 Å². The van der Waals surface area contributed by atoms with Gasteiger partial charge in [0.15, 0.2) is 13.2 Å². The Morgan fingerprint density at radius 3 is 2.31 bits per heavy atom. The van der Waals surface area contributed by atoms with E-state index in [1.165, 1.54) is 0 Å². The quantitative estimate of drug-likeness (QED) is 0.475. The van der Waals surface area contributed by atoms with Crippen LogP contribution in [-0.2, 0) is 9.59 Å². The number of carbonyl (C=O) groups is 2. The van der Waals surface area contributed by atoms with Gasteiger partial charge in [0.1, 0.15) is 11.5 Å². The maximum absolute atomic E-state index is 11.9. The fourth-order valence-corrected chi connectivity index (χ4v) is 3.39. The third kappa shape index (κ3) is 5.71. The van der Waals surface area contributed by atoms with Crippen molar-refractivity contribution in [1.82, 2.24) is 10.9 Å². The second-order valence-corrected chi connectivity index (χ2v) is 7.83. The van der Waals surface area contributed by atoms with Gasteiger partial charge in [-0.2, -0.15) is 0 Å². The molecule has 6 nitrogen and oxygen atoms in total. The molecule has 0 unspecified atom stereocenters. The summed E-state index contributed by atoms with van der Waals surface area (Å²) in [5.41, 5.74) is 5.59. The fourth-order valence-electron chi connectivity index (χ4n) is 2.54. The Balaban J connectivity index is 1.44. The highest BCUT2D eigenvalue weighted by molar-refractivity contribution is 9.11. The van der Waals surface area contributed by atoms with E-state index in [2.05, 4.69) is 42.7 Å². The molecule has 0 radical (unpaired) electrons. The average Bonchev–Trinajstić information content (AvgIpc) is 2.72. The first-order valence-electron chi connectivity index (χ1n) is 8.70. The van der Waals surface area contributed by atoms with Crippen LogP contribution >= 0.6 is 31.9 Å². The fraction of sp³-hybridized carbons (Fsp3) is 0.143. The summed E-state index contributed by atoms with van der Waals surface area (Å²) in [6.45, 7) is 1.45. The van der Waals surface area contributed by atoms with E-state index in [9.17, 15) is 9.59 Å². The van der Waals surface area contributed by atoms with Gasteiger partial charge in [-0.3, -0.25) is 20.4 Å². The first kappa shape index (κ1) is 21.1. The van der Waals surface area contributed by atoms with Crippen molar-refractivity contribution in [1.29, 1.82) is 0 Å². The van der Waals surface area contributed by atoms with E-state index in [4.69, 9.17) is 9.47 Å². The monoisotopic (exact) mass is 520 g/mol. The van der Waals surface area contributed by atoms with Gasteiger partial charge in [0, 0.05) is 4.47 Å². The summed E-state index contributed by atoms with van der Waals surface area (Å²) >= 11 is 6.90. The molecule has 0 aliphatic rings. The van der Waals surface area contributed by atoms with Gasteiger partial charge in [-0.1, -0.05) is 46.3 Å². The van der Waals surface area contributed by atoms with Crippen LogP contribution in [0.25, 0.3) is 10.8 Å². The zero-order valence-electron chi connectivity index (χ0n) is 15.5. The maximum atomic E-state index is 11.9. The molecule has 0 fully saturated rings. The van der Waals surface area contributed by atoms with Crippen molar-refractivity contribution in [2.24, 2.45) is 0 Å². The summed E-state index contributed by atoms with van der Waals surface area (Å²) < 4.78 is 12.7. The molecule has 3 aromatic carbocycles. The van der Waals surface area contributed by atoms with Gasteiger partial charge in [-0.05, 0) is 63.5 Å². The third-order valence-corrected chi connectivity index (χ3v) is 5.74. The van der Waals surface area contributed by atoms with Crippen LogP contribution in [0.4, 0.5) is 0 Å². The topological polar surface area (TPSA) is 76.7 Å². The Hall–Kier alpha value is -2.58. The van der Waals surface area contributed by atoms with E-state index >= 15 is 0 Å². The van der Waals surface area contributed by atoms with Crippen LogP contribution in [0.5, 0.6) is 11.5 Å². The number of nitrogens with one attached hydrogen (secondary N) is 2. The molecule has 3 rings (SSSR count). The zero-order valence-corrected chi connectivity index (χ0v) is 18.7. The molecule has 0 aliphatic heterocycles. The number of carbonyl (C=O) groups excluding carboxylic acids is 2. The second kappa shape index (κ2) is 9.76. The smallest absolute Gasteiger partial charge is 0.276 e. The number of rotatable bonds is 6. The normalized spacial score (nSPS) is 10.4. The van der Waals surface area contributed by atoms with Crippen LogP contribution < -0.4 is 20.3 Å². The number of halogens is 2. The van der Waals surface area contributed by atoms with E-state index in [1.807, 2.05) is 49.4 Å². The minimum atomic E-state index is -0.488. The number of amides is 2. The first-order valence-corrected chi connectivity index (χ1v) is 10.3. The first-order chi connectivity index (χ1) is 13.9. The molecule has 2 amide bonds. The number of hydrogen-bond acceptors (Lipinski definition) is 4. The van der Waals surface area contributed by atoms with Gasteiger partial charge < -0.3 is 9.47 Å². The highest BCUT2D eigenvalue weighted by atomic mass is 79.9. The highest BCUT2D eigenvalue weighted by Gasteiger charge is 2.10. The molecular formula is C21H18Br2N2O4. The van der Waals surface area contributed by atoms with E-state index in [-0.39, 0.29) is 13.2 Å². The van der Waals surface area contributed by atoms with E-state index < -0.39 is 11.8 Å². The van der Waals surface area contributed by atoms with Crippen molar-refractivity contribution >= 4 is 54.4 Å². The molecule has 0 atom stereocenters. The number of hydrogen-bond donors (Lipinski definition) is 2. The van der Waals surface area contributed by atoms with Crippen LogP contribution in [0.1, 0.15) is 5.56 Å². The molecule has 150 valence electrons. The predicted octanol–water partition coefficient (Wildman–Crippen LogP) is 4.28. The number of hydrazine groups is 1. The van der Waals surface area contributed by atoms with E-state index in [1.54, 1.807) is 12.1 Å². The lowest BCUT2D eigenvalue weighted by Crippen LogP contribution is -2.45. The van der Waals surface area contributed by atoms with Crippen molar-refractivity contribution in [2.45, 2.75) is 6.92 Å². The third-order valence-electron chi connectivity index (χ3n) is 4.03. The average molecular weight is 522 g/mol. The molecule has 0 spiro atoms. The molecule has 8 heteroatoms. The Kier molecular flexibility index (Phi) is 7.11. The van der Waals surface area contributed by atoms with Crippen LogP contribution in [0.15, 0.2) is 63.5 Å². The van der Waals surface area contributed by atoms with Crippen molar-refractivity contribution < 1.29 is 19.1 Å².